The van der Waals surface area contributed by atoms with Gasteiger partial charge in [0.2, 0.25) is 5.69 Å². The molecule has 0 radical (unpaired) electrons. The third-order valence-corrected chi connectivity index (χ3v) is 10.1. The second-order valence-electron chi connectivity index (χ2n) is 12.5. The molecule has 1 unspecified atom stereocenters. The van der Waals surface area contributed by atoms with Gasteiger partial charge in [-0.2, -0.15) is 13.0 Å². The molecule has 3 N–H and O–H groups in total. The van der Waals surface area contributed by atoms with Crippen molar-refractivity contribution in [2.45, 2.75) is 77.2 Å². The van der Waals surface area contributed by atoms with E-state index in [2.05, 4.69) is 9.89 Å². The van der Waals surface area contributed by atoms with Crippen LogP contribution in [-0.4, -0.2) is 92.6 Å². The minimum Gasteiger partial charge on any atom is -0.507 e. The minimum atomic E-state index is -4.27. The molecule has 1 atom stereocenters. The summed E-state index contributed by atoms with van der Waals surface area (Å²) in [4.78, 5) is 12.9. The van der Waals surface area contributed by atoms with Gasteiger partial charge in [0.05, 0.1) is 43.3 Å². The van der Waals surface area contributed by atoms with Gasteiger partial charge in [0.1, 0.15) is 18.1 Å². The Morgan fingerprint density at radius 3 is 2.22 bits per heavy atom. The largest absolute Gasteiger partial charge is 0.507 e. The van der Waals surface area contributed by atoms with Gasteiger partial charge in [-0.3, -0.25) is 9.35 Å². The predicted molar refractivity (Wildman–Crippen MR) is 170 cm³/mol. The predicted octanol–water partition coefficient (Wildman–Crippen LogP) is 3.91. The van der Waals surface area contributed by atoms with Crippen molar-refractivity contribution >= 4 is 27.4 Å². The van der Waals surface area contributed by atoms with Crippen LogP contribution in [0.3, 0.4) is 0 Å². The third kappa shape index (κ3) is 7.36. The number of benzene rings is 2. The van der Waals surface area contributed by atoms with E-state index < -0.39 is 15.7 Å². The van der Waals surface area contributed by atoms with Gasteiger partial charge in [-0.1, -0.05) is 0 Å². The van der Waals surface area contributed by atoms with E-state index in [0.29, 0.717) is 77.1 Å². The van der Waals surface area contributed by atoms with Gasteiger partial charge < -0.3 is 29.4 Å². The van der Waals surface area contributed by atoms with Gasteiger partial charge in [-0.05, 0) is 76.8 Å². The van der Waals surface area contributed by atoms with E-state index >= 15 is 0 Å². The number of ether oxygens (including phenoxy) is 4. The number of hydrogen-bond acceptors (Lipinski definition) is 8. The van der Waals surface area contributed by atoms with Crippen LogP contribution in [0.4, 0.5) is 5.69 Å². The second kappa shape index (κ2) is 13.8. The molecule has 0 aromatic heterocycles. The van der Waals surface area contributed by atoms with Crippen molar-refractivity contribution in [2.75, 3.05) is 52.7 Å². The molecule has 0 aliphatic carbocycles. The highest BCUT2D eigenvalue weighted by atomic mass is 32.2. The van der Waals surface area contributed by atoms with E-state index in [1.807, 2.05) is 41.5 Å². The van der Waals surface area contributed by atoms with Crippen LogP contribution in [0, 0.1) is 20.8 Å². The van der Waals surface area contributed by atoms with Crippen molar-refractivity contribution in [1.29, 1.82) is 0 Å². The van der Waals surface area contributed by atoms with Gasteiger partial charge in [-0.25, -0.2) is 0 Å². The highest BCUT2D eigenvalue weighted by molar-refractivity contribution is 7.85. The Morgan fingerprint density at radius 1 is 0.956 bits per heavy atom. The quantitative estimate of drug-likeness (QED) is 0.158. The van der Waals surface area contributed by atoms with E-state index in [4.69, 9.17) is 18.9 Å². The van der Waals surface area contributed by atoms with Gasteiger partial charge >= 0.3 is 0 Å². The normalized spacial score (nSPS) is 18.8. The lowest BCUT2D eigenvalue weighted by atomic mass is 9.82. The molecule has 2 aliphatic rings. The summed E-state index contributed by atoms with van der Waals surface area (Å²) in [6, 6.07) is 4.68. The Hall–Kier alpha value is -3.03. The van der Waals surface area contributed by atoms with Crippen molar-refractivity contribution in [2.24, 2.45) is 0 Å². The first-order valence-electron chi connectivity index (χ1n) is 15.4. The van der Waals surface area contributed by atoms with Gasteiger partial charge in [0.15, 0.2) is 17.9 Å². The Morgan fingerprint density at radius 2 is 1.58 bits per heavy atom. The van der Waals surface area contributed by atoms with E-state index in [1.54, 1.807) is 19.1 Å². The molecule has 11 nitrogen and oxygen atoms in total. The Labute approximate surface area is 266 Å². The molecule has 0 bridgehead atoms. The maximum atomic E-state index is 13.0. The highest BCUT2D eigenvalue weighted by Crippen LogP contribution is 2.43. The van der Waals surface area contributed by atoms with E-state index in [-0.39, 0.29) is 16.2 Å². The zero-order valence-electron chi connectivity index (χ0n) is 27.4. The van der Waals surface area contributed by atoms with Gasteiger partial charge in [-0.15, -0.1) is 0 Å². The average Bonchev–Trinajstić information content (AvgIpc) is 3.18. The fraction of sp³-hybridized carbons (Fsp3) is 0.576. The summed E-state index contributed by atoms with van der Waals surface area (Å²) in [5.41, 5.74) is 4.86. The molecule has 0 spiro atoms. The number of carbonyl (C=O) groups excluding carboxylic acids is 1. The summed E-state index contributed by atoms with van der Waals surface area (Å²) < 4.78 is 58.0. The number of nitrogens with zero attached hydrogens (tertiary/aromatic N) is 1. The summed E-state index contributed by atoms with van der Waals surface area (Å²) in [5.74, 6) is 0.797. The lowest BCUT2D eigenvalue weighted by Crippen LogP contribution is -2.51. The minimum absolute atomic E-state index is 0.107. The van der Waals surface area contributed by atoms with Gasteiger partial charge in [0, 0.05) is 37.1 Å². The molecule has 12 heteroatoms. The number of phenols is 1. The topological polar surface area (TPSA) is 144 Å². The second-order valence-corrected chi connectivity index (χ2v) is 13.9. The highest BCUT2D eigenvalue weighted by Gasteiger charge is 2.44. The number of hydrogen-bond donors (Lipinski definition) is 3. The monoisotopic (exact) mass is 647 g/mol. The molecule has 2 aromatic carbocycles. The van der Waals surface area contributed by atoms with E-state index in [1.165, 1.54) is 6.07 Å². The van der Waals surface area contributed by atoms with Crippen molar-refractivity contribution < 1.29 is 46.4 Å². The number of rotatable bonds is 14. The zero-order valence-corrected chi connectivity index (χ0v) is 28.2. The molecule has 0 saturated carbocycles. The lowest BCUT2D eigenvalue weighted by Gasteiger charge is -2.36. The Balaban J connectivity index is 1.09. The van der Waals surface area contributed by atoms with Crippen LogP contribution in [0.25, 0.3) is 0 Å². The zero-order chi connectivity index (χ0) is 33.2. The smallest absolute Gasteiger partial charge is 0.294 e. The van der Waals surface area contributed by atoms with E-state index in [9.17, 15) is 22.9 Å². The first kappa shape index (κ1) is 34.8. The molecule has 45 heavy (non-hydrogen) atoms. The fourth-order valence-corrected chi connectivity index (χ4v) is 6.45. The molecule has 0 saturated heterocycles. The van der Waals surface area contributed by atoms with Crippen LogP contribution in [0.15, 0.2) is 23.1 Å². The van der Waals surface area contributed by atoms with Crippen molar-refractivity contribution in [3.8, 4) is 11.5 Å². The van der Waals surface area contributed by atoms with Crippen LogP contribution in [0.2, 0.25) is 0 Å². The maximum Gasteiger partial charge on any atom is 0.294 e. The molecule has 2 heterocycles. The van der Waals surface area contributed by atoms with Crippen LogP contribution in [0.1, 0.15) is 61.9 Å². The SMILES string of the molecule is CC1=[N+](CCOCCOCCOCCNC(=O)C2(C)CCc3c(C)c(O)c(C)c(C)c3O2)c2ccc(S(=O)(=O)O)cc2C1(C)C. The van der Waals surface area contributed by atoms with E-state index in [0.717, 1.165) is 39.2 Å². The average molecular weight is 648 g/mol. The van der Waals surface area contributed by atoms with Crippen LogP contribution in [0.5, 0.6) is 11.5 Å². The Bertz CT molecular complexity index is 1580. The number of phenolic OH excluding ortho intramolecular Hbond substituents is 1. The molecule has 2 aromatic rings. The molecule has 248 valence electrons. The van der Waals surface area contributed by atoms with Crippen molar-refractivity contribution in [3.63, 3.8) is 0 Å². The summed E-state index contributed by atoms with van der Waals surface area (Å²) in [7, 11) is -4.27. The summed E-state index contributed by atoms with van der Waals surface area (Å²) in [5, 5.41) is 13.3. The molecule has 1 amide bonds. The number of carbonyl (C=O) groups is 1. The van der Waals surface area contributed by atoms with Crippen LogP contribution in [-0.2, 0) is 41.0 Å². The first-order chi connectivity index (χ1) is 21.1. The Kier molecular flexibility index (Phi) is 10.7. The molecular weight excluding hydrogens is 600 g/mol. The van der Waals surface area contributed by atoms with Crippen molar-refractivity contribution in [3.05, 3.63) is 46.0 Å². The maximum absolute atomic E-state index is 13.0. The molecule has 0 fully saturated rings. The number of aromatic hydroxyl groups is 1. The number of nitrogens with one attached hydrogen (secondary N) is 1. The fourth-order valence-electron chi connectivity index (χ4n) is 5.94. The third-order valence-electron chi connectivity index (χ3n) is 9.27. The molecule has 4 rings (SSSR count). The standard InChI is InChI=1S/C33H46N2O9S/c1-21-22(2)30-26(23(3)29(21)36)10-11-33(7,44-30)31(37)34-12-14-41-16-18-43-19-17-42-15-13-35-24(4)32(5,6)27-20-25(45(38,39)40)8-9-28(27)35/h8-9,20H,10-19H2,1-7H3,(H2-,34,36,37,38,39,40)/p+1. The molecule has 2 aliphatic heterocycles. The summed E-state index contributed by atoms with van der Waals surface area (Å²) >= 11 is 0. The number of fused-ring (bicyclic) bond motifs is 2. The molecular formula is C33H47N2O9S+. The van der Waals surface area contributed by atoms with Crippen LogP contribution < -0.4 is 10.1 Å². The first-order valence-corrected chi connectivity index (χ1v) is 16.8. The summed E-state index contributed by atoms with van der Waals surface area (Å²) in [6.45, 7) is 16.9. The summed E-state index contributed by atoms with van der Waals surface area (Å²) in [6.07, 6.45) is 1.17. The van der Waals surface area contributed by atoms with Gasteiger partial charge in [0.25, 0.3) is 16.0 Å². The number of amides is 1. The van der Waals surface area contributed by atoms with Crippen molar-refractivity contribution in [1.82, 2.24) is 5.32 Å². The van der Waals surface area contributed by atoms with Crippen LogP contribution >= 0.6 is 0 Å². The lowest BCUT2D eigenvalue weighted by molar-refractivity contribution is -0.443.